The highest BCUT2D eigenvalue weighted by molar-refractivity contribution is 6.45. The van der Waals surface area contributed by atoms with Crippen LogP contribution in [0.4, 0.5) is 0 Å². The Kier molecular flexibility index (Phi) is 5.75. The highest BCUT2D eigenvalue weighted by Gasteiger charge is 2.35. The molecule has 0 fully saturated rings. The molecular weight excluding hydrogens is 504 g/mol. The van der Waals surface area contributed by atoms with E-state index in [-0.39, 0.29) is 11.1 Å². The zero-order valence-corrected chi connectivity index (χ0v) is 19.6. The van der Waals surface area contributed by atoms with Gasteiger partial charge in [-0.15, -0.1) is 0 Å². The molecule has 0 amide bonds. The first-order chi connectivity index (χ1) is 17.7. The molecule has 0 radical (unpaired) electrons. The summed E-state index contributed by atoms with van der Waals surface area (Å²) >= 11 is 0. The van der Waals surface area contributed by atoms with E-state index < -0.39 is 102 Å². The highest BCUT2D eigenvalue weighted by Crippen LogP contribution is 2.53. The lowest BCUT2D eigenvalue weighted by Gasteiger charge is -2.20. The summed E-state index contributed by atoms with van der Waals surface area (Å²) in [5.74, 6) is -11.1. The first-order valence-corrected chi connectivity index (χ1v) is 10.7. The molecule has 0 saturated carbocycles. The molecule has 0 aliphatic heterocycles. The first kappa shape index (κ1) is 25.6. The first-order valence-electron chi connectivity index (χ1n) is 10.7. The van der Waals surface area contributed by atoms with E-state index in [0.29, 0.717) is 6.08 Å². The number of Topliss-reactive ketones (excluding diaryl/α,β-unsaturated/α-hetero) is 1. The molecule has 0 bridgehead atoms. The number of allylic oxidation sites excluding steroid dienone is 3. The molecule has 0 spiro atoms. The van der Waals surface area contributed by atoms with Crippen molar-refractivity contribution in [3.8, 4) is 62.9 Å². The summed E-state index contributed by atoms with van der Waals surface area (Å²) in [6.07, 6.45) is 0.624. The smallest absolute Gasteiger partial charge is 0.228 e. The minimum absolute atomic E-state index is 0.109. The van der Waals surface area contributed by atoms with Crippen LogP contribution in [-0.2, 0) is 9.59 Å². The Hall–Kier alpha value is -5.52. The average molecular weight is 524 g/mol. The van der Waals surface area contributed by atoms with E-state index in [2.05, 4.69) is 0 Å². The van der Waals surface area contributed by atoms with Gasteiger partial charge in [-0.25, -0.2) is 0 Å². The van der Waals surface area contributed by atoms with Gasteiger partial charge in [-0.3, -0.25) is 9.59 Å². The molecule has 10 N–H and O–H groups in total. The third-order valence-corrected chi connectivity index (χ3v) is 6.30. The van der Waals surface area contributed by atoms with Gasteiger partial charge in [-0.2, -0.15) is 0 Å². The van der Waals surface area contributed by atoms with Crippen molar-refractivity contribution in [1.29, 1.82) is 0 Å². The van der Waals surface area contributed by atoms with Crippen LogP contribution in [0.1, 0.15) is 22.3 Å². The number of phenolic OH excluding ortho intramolecular Hbond substituents is 9. The van der Waals surface area contributed by atoms with Crippen LogP contribution in [0.3, 0.4) is 0 Å². The van der Waals surface area contributed by atoms with Gasteiger partial charge in [0.2, 0.25) is 5.78 Å². The summed E-state index contributed by atoms with van der Waals surface area (Å²) in [4.78, 5) is 25.9. The zero-order valence-electron chi connectivity index (χ0n) is 19.6. The number of aliphatic hydroxyl groups is 1. The minimum Gasteiger partial charge on any atom is -0.508 e. The van der Waals surface area contributed by atoms with Crippen LogP contribution in [0.5, 0.6) is 51.7 Å². The third kappa shape index (κ3) is 3.54. The van der Waals surface area contributed by atoms with Gasteiger partial charge in [0.1, 0.15) is 17.2 Å². The second-order valence-corrected chi connectivity index (χ2v) is 8.52. The van der Waals surface area contributed by atoms with Crippen LogP contribution in [0.25, 0.3) is 22.3 Å². The van der Waals surface area contributed by atoms with Gasteiger partial charge in [-0.05, 0) is 38.1 Å². The van der Waals surface area contributed by atoms with E-state index in [1.54, 1.807) is 0 Å². The predicted molar refractivity (Wildman–Crippen MR) is 130 cm³/mol. The van der Waals surface area contributed by atoms with Crippen LogP contribution in [-0.4, -0.2) is 62.6 Å². The summed E-state index contributed by atoms with van der Waals surface area (Å²) in [5, 5.41) is 103. The predicted octanol–water partition coefficient (Wildman–Crippen LogP) is 2.83. The van der Waals surface area contributed by atoms with E-state index in [1.807, 2.05) is 0 Å². The summed E-state index contributed by atoms with van der Waals surface area (Å²) in [6, 6.07) is 2.48. The van der Waals surface area contributed by atoms with E-state index in [9.17, 15) is 60.7 Å². The number of phenols is 9. The maximum Gasteiger partial charge on any atom is 0.228 e. The summed E-state index contributed by atoms with van der Waals surface area (Å²) in [7, 11) is 0. The molecule has 0 unspecified atom stereocenters. The molecule has 196 valence electrons. The molecule has 1 aliphatic carbocycles. The fourth-order valence-electron chi connectivity index (χ4n) is 4.06. The number of rotatable bonds is 3. The van der Waals surface area contributed by atoms with Crippen LogP contribution in [0.15, 0.2) is 30.0 Å². The minimum atomic E-state index is -1.30. The molecule has 1 aliphatic rings. The monoisotopic (exact) mass is 524 g/mol. The van der Waals surface area contributed by atoms with Gasteiger partial charge in [0.15, 0.2) is 46.0 Å². The number of carbonyl (C=O) groups excluding carboxylic acids is 2. The zero-order chi connectivity index (χ0) is 28.4. The standard InChI is InChI=1S/C26H20O12/c1-7-13(27)5-11(23(35)19(7)31)17-15(29)3-9(21(33)25(17)37)10-4-16(30)18(26(38)22(10)34)12-6-14(28)8(2)20(32)24(12)36/h3-6,27-29,31-33,35-38H,1-2H3. The molecule has 3 aromatic rings. The second kappa shape index (κ2) is 8.55. The van der Waals surface area contributed by atoms with Crippen molar-refractivity contribution >= 4 is 22.7 Å². The average Bonchev–Trinajstić information content (AvgIpc) is 2.87. The number of benzene rings is 3. The Morgan fingerprint density at radius 1 is 0.526 bits per heavy atom. The Labute approximate surface area is 212 Å². The Bertz CT molecular complexity index is 1660. The molecule has 4 rings (SSSR count). The largest absolute Gasteiger partial charge is 0.508 e. The topological polar surface area (TPSA) is 236 Å². The number of aliphatic hydroxyl groups excluding tert-OH is 1. The number of aromatic hydroxyl groups is 9. The Morgan fingerprint density at radius 2 is 0.974 bits per heavy atom. The molecule has 3 aromatic carbocycles. The lowest BCUT2D eigenvalue weighted by Crippen LogP contribution is -2.18. The van der Waals surface area contributed by atoms with Crippen molar-refractivity contribution in [3.05, 3.63) is 52.3 Å². The number of hydrogen-bond donors (Lipinski definition) is 10. The lowest BCUT2D eigenvalue weighted by molar-refractivity contribution is -0.115. The van der Waals surface area contributed by atoms with Crippen LogP contribution in [0.2, 0.25) is 0 Å². The van der Waals surface area contributed by atoms with Crippen LogP contribution >= 0.6 is 0 Å². The molecule has 12 nitrogen and oxygen atoms in total. The molecule has 0 saturated heterocycles. The summed E-state index contributed by atoms with van der Waals surface area (Å²) in [6.45, 7) is 2.54. The molecule has 0 heterocycles. The third-order valence-electron chi connectivity index (χ3n) is 6.30. The number of hydrogen-bond acceptors (Lipinski definition) is 12. The molecule has 0 atom stereocenters. The normalized spacial score (nSPS) is 13.7. The van der Waals surface area contributed by atoms with Crippen LogP contribution < -0.4 is 0 Å². The lowest BCUT2D eigenvalue weighted by atomic mass is 9.85. The SMILES string of the molecule is Cc1c(O)cc(C2=C(O)C(=O)C(c3cc(O)c(-c4cc(O)c(C)c(O)c4O)c(O)c3O)=CC2=O)c(O)c1O. The summed E-state index contributed by atoms with van der Waals surface area (Å²) in [5.41, 5.74) is -4.01. The van der Waals surface area contributed by atoms with Crippen molar-refractivity contribution in [2.45, 2.75) is 13.8 Å². The van der Waals surface area contributed by atoms with Crippen molar-refractivity contribution in [2.75, 3.05) is 0 Å². The maximum absolute atomic E-state index is 13.0. The Morgan fingerprint density at radius 3 is 1.53 bits per heavy atom. The van der Waals surface area contributed by atoms with Gasteiger partial charge in [0.25, 0.3) is 0 Å². The Balaban J connectivity index is 1.87. The molecular formula is C26H20O12. The van der Waals surface area contributed by atoms with Crippen molar-refractivity contribution in [1.82, 2.24) is 0 Å². The fraction of sp³-hybridized carbons (Fsp3) is 0.0769. The van der Waals surface area contributed by atoms with Crippen LogP contribution in [0, 0.1) is 13.8 Å². The highest BCUT2D eigenvalue weighted by atomic mass is 16.3. The van der Waals surface area contributed by atoms with E-state index in [1.165, 1.54) is 13.8 Å². The van der Waals surface area contributed by atoms with Crippen molar-refractivity contribution in [2.24, 2.45) is 0 Å². The van der Waals surface area contributed by atoms with E-state index in [4.69, 9.17) is 0 Å². The van der Waals surface area contributed by atoms with Crippen molar-refractivity contribution < 1.29 is 60.7 Å². The van der Waals surface area contributed by atoms with E-state index in [0.717, 1.165) is 18.2 Å². The van der Waals surface area contributed by atoms with Crippen molar-refractivity contribution in [3.63, 3.8) is 0 Å². The molecule has 0 aromatic heterocycles. The van der Waals surface area contributed by atoms with Gasteiger partial charge in [0, 0.05) is 33.4 Å². The summed E-state index contributed by atoms with van der Waals surface area (Å²) < 4.78 is 0. The maximum atomic E-state index is 13.0. The molecule has 38 heavy (non-hydrogen) atoms. The second-order valence-electron chi connectivity index (χ2n) is 8.52. The van der Waals surface area contributed by atoms with Gasteiger partial charge in [-0.1, -0.05) is 0 Å². The van der Waals surface area contributed by atoms with E-state index >= 15 is 0 Å². The fourth-order valence-corrected chi connectivity index (χ4v) is 4.06. The quantitative estimate of drug-likeness (QED) is 0.135. The number of carbonyl (C=O) groups is 2. The molecule has 12 heteroatoms. The van der Waals surface area contributed by atoms with Gasteiger partial charge < -0.3 is 51.1 Å². The van der Waals surface area contributed by atoms with Gasteiger partial charge in [0.05, 0.1) is 11.1 Å². The number of ketones is 2. The van der Waals surface area contributed by atoms with Gasteiger partial charge >= 0.3 is 0 Å².